The number of hydrogen-bond donors (Lipinski definition) is 0. The van der Waals surface area contributed by atoms with Crippen molar-refractivity contribution >= 4 is 43.7 Å². The van der Waals surface area contributed by atoms with Crippen LogP contribution in [0.3, 0.4) is 0 Å². The molecule has 0 amide bonds. The van der Waals surface area contributed by atoms with Gasteiger partial charge in [0.25, 0.3) is 0 Å². The number of nitrogens with zero attached hydrogens (tertiary/aromatic N) is 4. The van der Waals surface area contributed by atoms with Crippen LogP contribution in [0.25, 0.3) is 117 Å². The predicted molar refractivity (Wildman–Crippen MR) is 254 cm³/mol. The Bertz CT molecular complexity index is 3500. The van der Waals surface area contributed by atoms with Crippen LogP contribution >= 0.6 is 0 Å². The molecule has 0 fully saturated rings. The standard InChI is InChI=1S/C57H36N4O/c1-5-18-37(19-6-1)42-28-17-29-43(38-20-7-2-8-21-38)52(42)41-32-35-50(48(36-41)57-59-55(39-22-9-3-10-23-39)58-56(60-57)40-24-11-4-12-25-40)61-49-30-15-13-26-44(49)46-33-34-47-45-27-14-16-31-51(45)62-54(47)53(46)61/h1-36H. The summed E-state index contributed by atoms with van der Waals surface area (Å²) in [5.74, 6) is 1.76. The van der Waals surface area contributed by atoms with Gasteiger partial charge in [-0.1, -0.05) is 188 Å². The number of hydrogen-bond acceptors (Lipinski definition) is 4. The summed E-state index contributed by atoms with van der Waals surface area (Å²) in [6, 6.07) is 76.3. The van der Waals surface area contributed by atoms with Crippen molar-refractivity contribution in [2.45, 2.75) is 0 Å². The Labute approximate surface area is 357 Å². The second-order valence-corrected chi connectivity index (χ2v) is 15.5. The van der Waals surface area contributed by atoms with Crippen LogP contribution in [0.4, 0.5) is 0 Å². The van der Waals surface area contributed by atoms with Crippen LogP contribution < -0.4 is 0 Å². The number of fused-ring (bicyclic) bond motifs is 7. The maximum absolute atomic E-state index is 6.82. The number of rotatable bonds is 7. The molecule has 9 aromatic carbocycles. The maximum atomic E-state index is 6.82. The molecule has 0 spiro atoms. The molecule has 3 aromatic heterocycles. The lowest BCUT2D eigenvalue weighted by Gasteiger charge is -2.20. The van der Waals surface area contributed by atoms with Gasteiger partial charge in [-0.25, -0.2) is 15.0 Å². The predicted octanol–water partition coefficient (Wildman–Crippen LogP) is 14.9. The van der Waals surface area contributed by atoms with Crippen molar-refractivity contribution in [1.82, 2.24) is 19.5 Å². The third-order valence-electron chi connectivity index (χ3n) is 11.9. The molecule has 0 bridgehead atoms. The third-order valence-corrected chi connectivity index (χ3v) is 11.9. The smallest absolute Gasteiger partial charge is 0.166 e. The molecule has 0 saturated carbocycles. The molecule has 0 saturated heterocycles. The van der Waals surface area contributed by atoms with Crippen LogP contribution in [0.15, 0.2) is 223 Å². The van der Waals surface area contributed by atoms with Crippen molar-refractivity contribution < 1.29 is 4.42 Å². The van der Waals surface area contributed by atoms with E-state index in [-0.39, 0.29) is 0 Å². The zero-order valence-corrected chi connectivity index (χ0v) is 33.5. The molecule has 0 radical (unpaired) electrons. The van der Waals surface area contributed by atoms with Crippen molar-refractivity contribution in [2.75, 3.05) is 0 Å². The summed E-state index contributed by atoms with van der Waals surface area (Å²) in [4.78, 5) is 15.8. The van der Waals surface area contributed by atoms with E-state index in [9.17, 15) is 0 Å². The molecule has 12 aromatic rings. The molecule has 3 heterocycles. The highest BCUT2D eigenvalue weighted by Gasteiger charge is 2.24. The summed E-state index contributed by atoms with van der Waals surface area (Å²) in [5.41, 5.74) is 14.1. The Morgan fingerprint density at radius 2 is 0.855 bits per heavy atom. The monoisotopic (exact) mass is 792 g/mol. The highest BCUT2D eigenvalue weighted by atomic mass is 16.3. The van der Waals surface area contributed by atoms with Crippen molar-refractivity contribution in [3.63, 3.8) is 0 Å². The topological polar surface area (TPSA) is 56.7 Å². The summed E-state index contributed by atoms with van der Waals surface area (Å²) < 4.78 is 9.17. The van der Waals surface area contributed by atoms with Gasteiger partial charge in [0.15, 0.2) is 23.1 Å². The third kappa shape index (κ3) is 5.90. The van der Waals surface area contributed by atoms with E-state index in [0.717, 1.165) is 99.5 Å². The molecule has 62 heavy (non-hydrogen) atoms. The number of aromatic nitrogens is 4. The number of furan rings is 1. The Balaban J connectivity index is 1.22. The fraction of sp³-hybridized carbons (Fsp3) is 0. The molecule has 0 aliphatic carbocycles. The SMILES string of the molecule is c1ccc(-c2nc(-c3ccccc3)nc(-c3cc(-c4c(-c5ccccc5)cccc4-c4ccccc4)ccc3-n3c4ccccc4c4ccc5c6ccccc6oc5c43)n2)cc1. The molecule has 290 valence electrons. The van der Waals surface area contributed by atoms with Crippen molar-refractivity contribution in [2.24, 2.45) is 0 Å². The second-order valence-electron chi connectivity index (χ2n) is 15.5. The van der Waals surface area contributed by atoms with Crippen LogP contribution in [-0.4, -0.2) is 19.5 Å². The highest BCUT2D eigenvalue weighted by Crippen LogP contribution is 2.45. The molecular formula is C57H36N4O. The number of para-hydroxylation sites is 2. The van der Waals surface area contributed by atoms with Crippen LogP contribution in [0, 0.1) is 0 Å². The van der Waals surface area contributed by atoms with Crippen LogP contribution in [-0.2, 0) is 0 Å². The van der Waals surface area contributed by atoms with Gasteiger partial charge < -0.3 is 8.98 Å². The van der Waals surface area contributed by atoms with Gasteiger partial charge in [-0.05, 0) is 63.7 Å². The highest BCUT2D eigenvalue weighted by molar-refractivity contribution is 6.21. The van der Waals surface area contributed by atoms with E-state index < -0.39 is 0 Å². The van der Waals surface area contributed by atoms with Crippen molar-refractivity contribution in [3.8, 4) is 73.2 Å². The summed E-state index contributed by atoms with van der Waals surface area (Å²) in [6.45, 7) is 0. The zero-order chi connectivity index (χ0) is 41.0. The molecule has 5 heteroatoms. The average molecular weight is 793 g/mol. The lowest BCUT2D eigenvalue weighted by molar-refractivity contribution is 0.671. The van der Waals surface area contributed by atoms with Gasteiger partial charge in [0.1, 0.15) is 5.58 Å². The first-order valence-electron chi connectivity index (χ1n) is 20.9. The van der Waals surface area contributed by atoms with E-state index >= 15 is 0 Å². The van der Waals surface area contributed by atoms with Gasteiger partial charge in [0, 0.05) is 38.2 Å². The largest absolute Gasteiger partial charge is 0.454 e. The molecular weight excluding hydrogens is 757 g/mol. The average Bonchev–Trinajstić information content (AvgIpc) is 3.91. The van der Waals surface area contributed by atoms with Crippen LogP contribution in [0.2, 0.25) is 0 Å². The fourth-order valence-corrected chi connectivity index (χ4v) is 9.06. The Hall–Kier alpha value is -8.41. The Morgan fingerprint density at radius 3 is 1.48 bits per heavy atom. The summed E-state index contributed by atoms with van der Waals surface area (Å²) >= 11 is 0. The zero-order valence-electron chi connectivity index (χ0n) is 33.5. The van der Waals surface area contributed by atoms with Gasteiger partial charge in [0.05, 0.1) is 16.7 Å². The second kappa shape index (κ2) is 14.7. The molecule has 0 N–H and O–H groups in total. The van der Waals surface area contributed by atoms with Crippen LogP contribution in [0.1, 0.15) is 0 Å². The van der Waals surface area contributed by atoms with E-state index in [2.05, 4.69) is 174 Å². The maximum Gasteiger partial charge on any atom is 0.166 e. The van der Waals surface area contributed by atoms with Crippen molar-refractivity contribution in [3.05, 3.63) is 218 Å². The molecule has 0 aliphatic heterocycles. The Morgan fingerprint density at radius 1 is 0.339 bits per heavy atom. The quantitative estimate of drug-likeness (QED) is 0.161. The summed E-state index contributed by atoms with van der Waals surface area (Å²) in [6.07, 6.45) is 0. The number of benzene rings is 9. The molecule has 12 rings (SSSR count). The first kappa shape index (κ1) is 35.5. The van der Waals surface area contributed by atoms with Gasteiger partial charge in [-0.3, -0.25) is 0 Å². The minimum atomic E-state index is 0.565. The first-order valence-corrected chi connectivity index (χ1v) is 20.9. The fourth-order valence-electron chi connectivity index (χ4n) is 9.06. The van der Waals surface area contributed by atoms with Gasteiger partial charge >= 0.3 is 0 Å². The van der Waals surface area contributed by atoms with E-state index in [1.165, 1.54) is 0 Å². The first-order chi connectivity index (χ1) is 30.8. The normalized spacial score (nSPS) is 11.5. The summed E-state index contributed by atoms with van der Waals surface area (Å²) in [7, 11) is 0. The van der Waals surface area contributed by atoms with E-state index in [4.69, 9.17) is 19.4 Å². The lowest BCUT2D eigenvalue weighted by atomic mass is 9.87. The van der Waals surface area contributed by atoms with Gasteiger partial charge in [0.2, 0.25) is 0 Å². The minimum absolute atomic E-state index is 0.565. The molecule has 0 atom stereocenters. The molecule has 5 nitrogen and oxygen atoms in total. The molecule has 0 aliphatic rings. The van der Waals surface area contributed by atoms with Gasteiger partial charge in [-0.15, -0.1) is 0 Å². The van der Waals surface area contributed by atoms with E-state index in [0.29, 0.717) is 17.5 Å². The van der Waals surface area contributed by atoms with Gasteiger partial charge in [-0.2, -0.15) is 0 Å². The van der Waals surface area contributed by atoms with Crippen LogP contribution in [0.5, 0.6) is 0 Å². The van der Waals surface area contributed by atoms with E-state index in [1.54, 1.807) is 0 Å². The lowest BCUT2D eigenvalue weighted by Crippen LogP contribution is -2.04. The summed E-state index contributed by atoms with van der Waals surface area (Å²) in [5, 5.41) is 4.39. The van der Waals surface area contributed by atoms with E-state index in [1.807, 2.05) is 48.5 Å². The Kier molecular flexibility index (Phi) is 8.42. The van der Waals surface area contributed by atoms with Crippen molar-refractivity contribution in [1.29, 1.82) is 0 Å². The minimum Gasteiger partial charge on any atom is -0.454 e. The molecule has 0 unspecified atom stereocenters.